The highest BCUT2D eigenvalue weighted by Gasteiger charge is 2.52. The van der Waals surface area contributed by atoms with Gasteiger partial charge in [-0.05, 0) is 68.8 Å². The van der Waals surface area contributed by atoms with E-state index in [1.54, 1.807) is 14.2 Å². The molecule has 1 heterocycles. The van der Waals surface area contributed by atoms with E-state index in [9.17, 15) is 0 Å². The average Bonchev–Trinajstić information content (AvgIpc) is 3.40. The first kappa shape index (κ1) is 46.3. The fourth-order valence-corrected chi connectivity index (χ4v) is 11.2. The Morgan fingerprint density at radius 3 is 0.914 bits per heavy atom. The molecule has 2 unspecified atom stereocenters. The molecule has 0 aromatic heterocycles. The van der Waals surface area contributed by atoms with Gasteiger partial charge < -0.3 is 56.8 Å². The third kappa shape index (κ3) is 8.75. The zero-order chi connectivity index (χ0) is 47.2. The molecule has 70 heavy (non-hydrogen) atoms. The summed E-state index contributed by atoms with van der Waals surface area (Å²) in [5, 5.41) is 0. The Bertz CT molecular complexity index is 2560. The van der Waals surface area contributed by atoms with Crippen molar-refractivity contribution in [2.45, 2.75) is 23.7 Å². The molecule has 0 amide bonds. The molecule has 0 spiro atoms. The topological polar surface area (TPSA) is 111 Å². The molecule has 4 bridgehead atoms. The van der Waals surface area contributed by atoms with Gasteiger partial charge in [-0.1, -0.05) is 84.9 Å². The van der Waals surface area contributed by atoms with Crippen LogP contribution < -0.4 is 28.4 Å². The van der Waals surface area contributed by atoms with Gasteiger partial charge in [0.1, 0.15) is 51.1 Å². The smallest absolute Gasteiger partial charge is 0.161 e. The molecule has 13 rings (SSSR count). The lowest BCUT2D eigenvalue weighted by Crippen LogP contribution is -2.34. The Kier molecular flexibility index (Phi) is 14.2. The lowest BCUT2D eigenvalue weighted by molar-refractivity contribution is 0.0223. The van der Waals surface area contributed by atoms with Crippen molar-refractivity contribution in [1.82, 2.24) is 0 Å². The zero-order valence-corrected chi connectivity index (χ0v) is 39.9. The summed E-state index contributed by atoms with van der Waals surface area (Å²) in [5.74, 6) is 3.89. The highest BCUT2D eigenvalue weighted by atomic mass is 16.6. The van der Waals surface area contributed by atoms with E-state index in [0.717, 1.165) is 33.8 Å². The molecule has 0 saturated heterocycles. The van der Waals surface area contributed by atoms with Crippen LogP contribution in [-0.2, 0) is 28.4 Å². The number of hydrogen-bond acceptors (Lipinski definition) is 12. The van der Waals surface area contributed by atoms with Crippen LogP contribution in [0.3, 0.4) is 0 Å². The molecular weight excluding hydrogens is 889 g/mol. The molecule has 1 aliphatic heterocycles. The zero-order valence-electron chi connectivity index (χ0n) is 39.9. The number of hydrogen-bond donors (Lipinski definition) is 0. The Morgan fingerprint density at radius 1 is 0.329 bits per heavy atom. The Morgan fingerprint density at radius 2 is 0.600 bits per heavy atom. The molecule has 7 aliphatic rings. The van der Waals surface area contributed by atoms with Gasteiger partial charge >= 0.3 is 0 Å². The molecule has 2 atom stereocenters. The van der Waals surface area contributed by atoms with Gasteiger partial charge in [0, 0.05) is 60.1 Å². The van der Waals surface area contributed by atoms with Crippen LogP contribution in [0.5, 0.6) is 34.5 Å². The quantitative estimate of drug-likeness (QED) is 0.136. The molecule has 0 saturated carbocycles. The molecule has 6 aromatic carbocycles. The van der Waals surface area contributed by atoms with E-state index in [4.69, 9.17) is 56.8 Å². The van der Waals surface area contributed by atoms with Crippen molar-refractivity contribution in [3.63, 3.8) is 0 Å². The van der Waals surface area contributed by atoms with E-state index in [-0.39, 0.29) is 23.7 Å². The van der Waals surface area contributed by atoms with Crippen molar-refractivity contribution >= 4 is 0 Å². The first-order chi connectivity index (χ1) is 34.8. The number of methoxy groups -OCH3 is 2. The first-order valence-electron chi connectivity index (χ1n) is 24.6. The van der Waals surface area contributed by atoms with E-state index in [0.29, 0.717) is 129 Å². The SMILES string of the molecule is COCCOc1c2c(c(OCCOC)c3c1C1c4ccccc4C3c3cc4c(cc31)OCCOCCOCCOc1ccccc1OCCOCCOCCO4)C1c3ccccc3C2c2ccccc21. The van der Waals surface area contributed by atoms with Crippen LogP contribution in [0.15, 0.2) is 109 Å². The molecule has 12 heteroatoms. The van der Waals surface area contributed by atoms with Gasteiger partial charge in [-0.25, -0.2) is 0 Å². The lowest BCUT2D eigenvalue weighted by atomic mass is 9.55. The Labute approximate surface area is 409 Å². The molecule has 6 aromatic rings. The van der Waals surface area contributed by atoms with E-state index in [2.05, 4.69) is 84.9 Å². The van der Waals surface area contributed by atoms with Crippen LogP contribution >= 0.6 is 0 Å². The molecule has 364 valence electrons. The predicted octanol–water partition coefficient (Wildman–Crippen LogP) is 9.01. The molecule has 12 nitrogen and oxygen atoms in total. The van der Waals surface area contributed by atoms with Crippen LogP contribution in [0.1, 0.15) is 90.4 Å². The van der Waals surface area contributed by atoms with E-state index >= 15 is 0 Å². The van der Waals surface area contributed by atoms with Crippen LogP contribution in [0.25, 0.3) is 0 Å². The molecule has 0 radical (unpaired) electrons. The summed E-state index contributed by atoms with van der Waals surface area (Å²) in [6.07, 6.45) is 0. The first-order valence-corrected chi connectivity index (χ1v) is 24.6. The van der Waals surface area contributed by atoms with Crippen molar-refractivity contribution in [2.24, 2.45) is 0 Å². The third-order valence-electron chi connectivity index (χ3n) is 13.9. The number of fused-ring (bicyclic) bond motifs is 2. The summed E-state index contributed by atoms with van der Waals surface area (Å²) in [7, 11) is 3.44. The highest BCUT2D eigenvalue weighted by Crippen LogP contribution is 2.68. The summed E-state index contributed by atoms with van der Waals surface area (Å²) in [4.78, 5) is 0. The standard InChI is InChI=1S/C58H60O12/c1-59-19-29-69-57-53-49-37-11-3-5-13-39(37)50(40-14-6-4-12-38(40)49)54(53)58(70-30-20-60-2)56-52-42-16-8-7-15-41(42)51(55(56)57)43-35-47-48(36-44(43)52)68-34-28-64-24-22-62-26-32-66-46-18-10-9-17-45(46)65-31-25-61-21-23-63-27-33-67-47/h3-18,35-36,49-52H,19-34H2,1-2H3. The molecule has 6 aliphatic carbocycles. The van der Waals surface area contributed by atoms with Crippen LogP contribution in [-0.4, -0.2) is 120 Å². The minimum absolute atomic E-state index is 0.0604. The maximum absolute atomic E-state index is 7.18. The van der Waals surface area contributed by atoms with Gasteiger partial charge in [0.05, 0.1) is 66.1 Å². The minimum atomic E-state index is -0.207. The average molecular weight is 949 g/mol. The highest BCUT2D eigenvalue weighted by molar-refractivity contribution is 5.82. The van der Waals surface area contributed by atoms with Gasteiger partial charge in [0.2, 0.25) is 0 Å². The van der Waals surface area contributed by atoms with Crippen LogP contribution in [0.2, 0.25) is 0 Å². The van der Waals surface area contributed by atoms with E-state index < -0.39 is 0 Å². The number of ether oxygens (including phenoxy) is 12. The van der Waals surface area contributed by atoms with Crippen LogP contribution in [0.4, 0.5) is 0 Å². The number of rotatable bonds is 8. The van der Waals surface area contributed by atoms with Crippen molar-refractivity contribution in [2.75, 3.05) is 120 Å². The maximum Gasteiger partial charge on any atom is 0.161 e. The van der Waals surface area contributed by atoms with Crippen molar-refractivity contribution in [3.8, 4) is 34.5 Å². The third-order valence-corrected chi connectivity index (χ3v) is 13.9. The normalized spacial score (nSPS) is 20.6. The maximum atomic E-state index is 7.18. The fraction of sp³-hybridized carbons (Fsp3) is 0.379. The second-order valence-electron chi connectivity index (χ2n) is 17.8. The Balaban J connectivity index is 0.975. The lowest BCUT2D eigenvalue weighted by Gasteiger charge is -2.49. The van der Waals surface area contributed by atoms with Crippen molar-refractivity contribution < 1.29 is 56.8 Å². The van der Waals surface area contributed by atoms with Gasteiger partial charge in [-0.3, -0.25) is 0 Å². The van der Waals surface area contributed by atoms with E-state index in [1.807, 2.05) is 24.3 Å². The second-order valence-corrected chi connectivity index (χ2v) is 17.8. The predicted molar refractivity (Wildman–Crippen MR) is 262 cm³/mol. The van der Waals surface area contributed by atoms with Gasteiger partial charge in [-0.2, -0.15) is 0 Å². The summed E-state index contributed by atoms with van der Waals surface area (Å²) >= 11 is 0. The second kappa shape index (κ2) is 21.5. The molecular formula is C58H60O12. The number of benzene rings is 6. The minimum Gasteiger partial charge on any atom is -0.491 e. The summed E-state index contributed by atoms with van der Waals surface area (Å²) in [5.41, 5.74) is 14.6. The van der Waals surface area contributed by atoms with E-state index in [1.165, 1.54) is 44.5 Å². The summed E-state index contributed by atoms with van der Waals surface area (Å²) in [6.45, 7) is 6.24. The van der Waals surface area contributed by atoms with Gasteiger partial charge in [0.25, 0.3) is 0 Å². The fourth-order valence-electron chi connectivity index (χ4n) is 11.2. The van der Waals surface area contributed by atoms with Gasteiger partial charge in [-0.15, -0.1) is 0 Å². The summed E-state index contributed by atoms with van der Waals surface area (Å²) < 4.78 is 74.6. The van der Waals surface area contributed by atoms with Crippen LogP contribution in [0, 0.1) is 0 Å². The molecule has 0 fully saturated rings. The molecule has 0 N–H and O–H groups in total. The summed E-state index contributed by atoms with van der Waals surface area (Å²) in [6, 6.07) is 38.6. The number of para-hydroxylation sites is 2. The van der Waals surface area contributed by atoms with Crippen molar-refractivity contribution in [1.29, 1.82) is 0 Å². The Hall–Kier alpha value is -6.12. The van der Waals surface area contributed by atoms with Crippen molar-refractivity contribution in [3.05, 3.63) is 176 Å². The largest absolute Gasteiger partial charge is 0.491 e. The monoisotopic (exact) mass is 948 g/mol. The van der Waals surface area contributed by atoms with Gasteiger partial charge in [0.15, 0.2) is 23.0 Å².